The van der Waals surface area contributed by atoms with Gasteiger partial charge in [0, 0.05) is 5.57 Å². The van der Waals surface area contributed by atoms with E-state index < -0.39 is 11.1 Å². The Labute approximate surface area is 56.6 Å². The third-order valence-electron chi connectivity index (χ3n) is 0.988. The summed E-state index contributed by atoms with van der Waals surface area (Å²) in [4.78, 5) is 0. The Morgan fingerprint density at radius 2 is 2.67 bits per heavy atom. The molecule has 0 bridgehead atoms. The van der Waals surface area contributed by atoms with E-state index in [2.05, 4.69) is 5.92 Å². The molecule has 1 aliphatic rings. The highest BCUT2D eigenvalue weighted by Crippen LogP contribution is 2.03. The molecule has 1 rings (SSSR count). The lowest BCUT2D eigenvalue weighted by Gasteiger charge is -2.06. The quantitative estimate of drug-likeness (QED) is 0.453. The number of hydrogen-bond donors (Lipinski definition) is 0. The highest BCUT2D eigenvalue weighted by Gasteiger charge is 2.07. The van der Waals surface area contributed by atoms with E-state index in [0.29, 0.717) is 12.4 Å². The Bertz CT molecular complexity index is 200. The van der Waals surface area contributed by atoms with Crippen LogP contribution in [0.2, 0.25) is 0 Å². The zero-order valence-electron chi connectivity index (χ0n) is 4.79. The van der Waals surface area contributed by atoms with Gasteiger partial charge in [-0.2, -0.15) is 0 Å². The summed E-state index contributed by atoms with van der Waals surface area (Å²) in [5.74, 6) is 2.79. The summed E-state index contributed by atoms with van der Waals surface area (Å²) in [7, 11) is 0. The van der Waals surface area contributed by atoms with Gasteiger partial charge in [0.05, 0.1) is 12.4 Å². The molecule has 9 heavy (non-hydrogen) atoms. The maximum atomic E-state index is 10.6. The van der Waals surface area contributed by atoms with E-state index in [0.717, 1.165) is 5.57 Å². The smallest absolute Gasteiger partial charge is 0.160 e. The van der Waals surface area contributed by atoms with Gasteiger partial charge in [-0.1, -0.05) is 5.92 Å². The zero-order chi connectivity index (χ0) is 6.69. The molecule has 0 aromatic heterocycles. The molecule has 0 N–H and O–H groups in total. The van der Waals surface area contributed by atoms with Crippen molar-refractivity contribution in [2.24, 2.45) is 0 Å². The molecule has 1 heterocycles. The Hall–Kier alpha value is -0.590. The molecule has 1 unspecified atom stereocenters. The van der Waals surface area contributed by atoms with Crippen LogP contribution in [-0.4, -0.2) is 16.6 Å². The molecule has 0 aliphatic carbocycles. The SMILES string of the molecule is C#CC1=CCOS(=O)C1. The van der Waals surface area contributed by atoms with Gasteiger partial charge >= 0.3 is 0 Å². The van der Waals surface area contributed by atoms with Crippen LogP contribution >= 0.6 is 0 Å². The number of terminal acetylenes is 1. The van der Waals surface area contributed by atoms with E-state index in [1.54, 1.807) is 6.08 Å². The van der Waals surface area contributed by atoms with Crippen molar-refractivity contribution in [3.63, 3.8) is 0 Å². The van der Waals surface area contributed by atoms with Crippen LogP contribution in [0.25, 0.3) is 0 Å². The van der Waals surface area contributed by atoms with Gasteiger partial charge in [0.1, 0.15) is 0 Å². The van der Waals surface area contributed by atoms with Crippen LogP contribution in [0.5, 0.6) is 0 Å². The predicted molar refractivity (Wildman–Crippen MR) is 35.9 cm³/mol. The fourth-order valence-electron chi connectivity index (χ4n) is 0.539. The average Bonchev–Trinajstić information content (AvgIpc) is 1.88. The Balaban J connectivity index is 2.67. The summed E-state index contributed by atoms with van der Waals surface area (Å²) in [6.45, 7) is 0.381. The number of hydrogen-bond acceptors (Lipinski definition) is 2. The molecule has 0 spiro atoms. The molecule has 0 radical (unpaired) electrons. The molecule has 0 fully saturated rings. The summed E-state index contributed by atoms with van der Waals surface area (Å²) in [5.41, 5.74) is 0.777. The topological polar surface area (TPSA) is 26.3 Å². The Kier molecular flexibility index (Phi) is 2.04. The van der Waals surface area contributed by atoms with Crippen LogP contribution in [0.4, 0.5) is 0 Å². The second kappa shape index (κ2) is 2.81. The molecule has 48 valence electrons. The van der Waals surface area contributed by atoms with Crippen molar-refractivity contribution in [3.8, 4) is 12.3 Å². The summed E-state index contributed by atoms with van der Waals surface area (Å²) in [5, 5.41) is 0. The van der Waals surface area contributed by atoms with Gasteiger partial charge in [-0.25, -0.2) is 4.21 Å². The largest absolute Gasteiger partial charge is 0.286 e. The normalized spacial score (nSPS) is 26.6. The van der Waals surface area contributed by atoms with Gasteiger partial charge in [0.2, 0.25) is 0 Å². The summed E-state index contributed by atoms with van der Waals surface area (Å²) in [6.07, 6.45) is 6.82. The van der Waals surface area contributed by atoms with E-state index in [1.165, 1.54) is 0 Å². The number of rotatable bonds is 0. The minimum Gasteiger partial charge on any atom is -0.286 e. The van der Waals surface area contributed by atoms with Gasteiger partial charge in [-0.05, 0) is 6.08 Å². The zero-order valence-corrected chi connectivity index (χ0v) is 5.61. The first-order valence-electron chi connectivity index (χ1n) is 2.50. The van der Waals surface area contributed by atoms with Gasteiger partial charge in [0.15, 0.2) is 11.1 Å². The minimum absolute atomic E-state index is 0.372. The second-order valence-electron chi connectivity index (χ2n) is 1.61. The first kappa shape index (κ1) is 6.53. The lowest BCUT2D eigenvalue weighted by molar-refractivity contribution is 0.390. The lowest BCUT2D eigenvalue weighted by Crippen LogP contribution is -2.10. The molecule has 2 nitrogen and oxygen atoms in total. The molecule has 0 saturated heterocycles. The molecule has 0 amide bonds. The molecule has 0 aromatic carbocycles. The monoisotopic (exact) mass is 142 g/mol. The summed E-state index contributed by atoms with van der Waals surface area (Å²) < 4.78 is 15.3. The van der Waals surface area contributed by atoms with Crippen molar-refractivity contribution >= 4 is 11.1 Å². The lowest BCUT2D eigenvalue weighted by atomic mass is 10.3. The van der Waals surface area contributed by atoms with Crippen molar-refractivity contribution in [1.29, 1.82) is 0 Å². The van der Waals surface area contributed by atoms with E-state index in [9.17, 15) is 4.21 Å². The van der Waals surface area contributed by atoms with Gasteiger partial charge in [-0.3, -0.25) is 4.18 Å². The first-order chi connectivity index (χ1) is 4.33. The van der Waals surface area contributed by atoms with E-state index in [4.69, 9.17) is 10.6 Å². The van der Waals surface area contributed by atoms with Crippen LogP contribution in [0.15, 0.2) is 11.6 Å². The van der Waals surface area contributed by atoms with E-state index in [1.807, 2.05) is 0 Å². The highest BCUT2D eigenvalue weighted by atomic mass is 32.2. The van der Waals surface area contributed by atoms with E-state index >= 15 is 0 Å². The fraction of sp³-hybridized carbons (Fsp3) is 0.333. The molecule has 0 saturated carbocycles. The third kappa shape index (κ3) is 1.67. The Morgan fingerprint density at radius 3 is 3.11 bits per heavy atom. The third-order valence-corrected chi connectivity index (χ3v) is 1.93. The van der Waals surface area contributed by atoms with E-state index in [-0.39, 0.29) is 0 Å². The van der Waals surface area contributed by atoms with Crippen molar-refractivity contribution < 1.29 is 8.39 Å². The maximum Gasteiger partial charge on any atom is 0.160 e. The molecule has 1 atom stereocenters. The van der Waals surface area contributed by atoms with Crippen molar-refractivity contribution in [3.05, 3.63) is 11.6 Å². The van der Waals surface area contributed by atoms with Crippen molar-refractivity contribution in [2.45, 2.75) is 0 Å². The molecular weight excluding hydrogens is 136 g/mol. The average molecular weight is 142 g/mol. The summed E-state index contributed by atoms with van der Waals surface area (Å²) >= 11 is -1.18. The predicted octanol–water partition coefficient (Wildman–Crippen LogP) is 0.240. The first-order valence-corrected chi connectivity index (χ1v) is 3.74. The van der Waals surface area contributed by atoms with Gasteiger partial charge < -0.3 is 0 Å². The highest BCUT2D eigenvalue weighted by molar-refractivity contribution is 7.80. The van der Waals surface area contributed by atoms with Crippen LogP contribution in [0.3, 0.4) is 0 Å². The van der Waals surface area contributed by atoms with Gasteiger partial charge in [0.25, 0.3) is 0 Å². The van der Waals surface area contributed by atoms with Gasteiger partial charge in [-0.15, -0.1) is 6.42 Å². The molecular formula is C6H6O2S. The van der Waals surface area contributed by atoms with Crippen LogP contribution in [0, 0.1) is 12.3 Å². The molecule has 3 heteroatoms. The second-order valence-corrected chi connectivity index (χ2v) is 2.74. The maximum absolute atomic E-state index is 10.6. The molecule has 1 aliphatic heterocycles. The van der Waals surface area contributed by atoms with Crippen molar-refractivity contribution in [1.82, 2.24) is 0 Å². The standard InChI is InChI=1S/C6H6O2S/c1-2-6-3-4-8-9(7)5-6/h1,3H,4-5H2. The summed E-state index contributed by atoms with van der Waals surface area (Å²) in [6, 6.07) is 0. The van der Waals surface area contributed by atoms with Crippen LogP contribution < -0.4 is 0 Å². The fourth-order valence-corrected chi connectivity index (χ4v) is 1.30. The minimum atomic E-state index is -1.18. The van der Waals surface area contributed by atoms with Crippen molar-refractivity contribution in [2.75, 3.05) is 12.4 Å². The Morgan fingerprint density at radius 1 is 1.89 bits per heavy atom. The van der Waals surface area contributed by atoms with Crippen LogP contribution in [-0.2, 0) is 15.3 Å². The molecule has 0 aromatic rings. The van der Waals surface area contributed by atoms with Crippen LogP contribution in [0.1, 0.15) is 0 Å².